The zero-order valence-corrected chi connectivity index (χ0v) is 16.8. The number of aromatic nitrogens is 3. The first-order valence-corrected chi connectivity index (χ1v) is 9.36. The van der Waals surface area contributed by atoms with Gasteiger partial charge in [-0.2, -0.15) is 18.4 Å². The van der Waals surface area contributed by atoms with E-state index in [4.69, 9.17) is 1.37 Å². The van der Waals surface area contributed by atoms with E-state index in [9.17, 15) is 32.8 Å². The number of hydrogen-bond donors (Lipinski definition) is 3. The first kappa shape index (κ1) is 21.9. The Morgan fingerprint density at radius 1 is 1.21 bits per heavy atom. The van der Waals surface area contributed by atoms with Gasteiger partial charge in [0.1, 0.15) is 23.1 Å². The summed E-state index contributed by atoms with van der Waals surface area (Å²) in [6.07, 6.45) is 1.62. The normalized spacial score (nSPS) is 12.4. The molecule has 3 aromatic rings. The van der Waals surface area contributed by atoms with Crippen molar-refractivity contribution in [2.24, 2.45) is 0 Å². The molecule has 0 saturated heterocycles. The van der Waals surface area contributed by atoms with Crippen LogP contribution in [0.1, 0.15) is 24.0 Å². The van der Waals surface area contributed by atoms with Gasteiger partial charge in [-0.1, -0.05) is 6.07 Å². The van der Waals surface area contributed by atoms with E-state index in [0.29, 0.717) is 6.07 Å². The van der Waals surface area contributed by atoms with Crippen LogP contribution in [0.4, 0.5) is 23.4 Å². The van der Waals surface area contributed by atoms with E-state index in [1.165, 1.54) is 24.4 Å². The number of rotatable bonds is 8. The Bertz CT molecular complexity index is 1240. The van der Waals surface area contributed by atoms with Gasteiger partial charge in [-0.05, 0) is 29.0 Å². The Labute approximate surface area is 186 Å². The van der Waals surface area contributed by atoms with Crippen LogP contribution in [0.15, 0.2) is 48.8 Å². The van der Waals surface area contributed by atoms with E-state index in [2.05, 4.69) is 20.6 Å². The third-order valence-electron chi connectivity index (χ3n) is 4.40. The summed E-state index contributed by atoms with van der Waals surface area (Å²) in [6.45, 7) is -2.77. The van der Waals surface area contributed by atoms with Crippen molar-refractivity contribution in [2.45, 2.75) is 18.9 Å². The molecule has 0 fully saturated rings. The lowest BCUT2D eigenvalue weighted by atomic mass is 10.1. The van der Waals surface area contributed by atoms with E-state index in [1.807, 2.05) is 0 Å². The standard InChI is InChI=1S/C21H16F4N6O2/c22-14-4-3-7-27-16(14)11-29-19(32)9-17-13(10-26)8-15(23)20(31(17)33)30-12-21(24,25)18-5-1-2-6-28-18/h1-8,33H,9,11-12H2,(H,29,32)/p+1/i11D/t11-/m1/s1. The number of pyridine rings is 3. The summed E-state index contributed by atoms with van der Waals surface area (Å²) in [5.74, 6) is -7.37. The van der Waals surface area contributed by atoms with E-state index in [-0.39, 0.29) is 10.4 Å². The fourth-order valence-corrected chi connectivity index (χ4v) is 2.78. The molecule has 0 bridgehead atoms. The molecule has 12 heteroatoms. The van der Waals surface area contributed by atoms with Gasteiger partial charge in [-0.25, -0.2) is 4.39 Å². The summed E-state index contributed by atoms with van der Waals surface area (Å²) >= 11 is 0. The summed E-state index contributed by atoms with van der Waals surface area (Å²) in [6, 6.07) is 8.46. The number of carbonyl (C=O) groups excluding carboxylic acids is 1. The summed E-state index contributed by atoms with van der Waals surface area (Å²) in [4.78, 5) is 19.6. The van der Waals surface area contributed by atoms with Crippen molar-refractivity contribution in [2.75, 3.05) is 11.9 Å². The predicted molar refractivity (Wildman–Crippen MR) is 105 cm³/mol. The van der Waals surface area contributed by atoms with Crippen LogP contribution in [0.25, 0.3) is 0 Å². The van der Waals surface area contributed by atoms with Gasteiger partial charge in [0.15, 0.2) is 12.2 Å². The van der Waals surface area contributed by atoms with Gasteiger partial charge < -0.3 is 10.5 Å². The number of nitrogens with one attached hydrogen (secondary N) is 2. The second kappa shape index (κ2) is 9.90. The summed E-state index contributed by atoms with van der Waals surface area (Å²) in [5.41, 5.74) is -1.86. The SMILES string of the molecule is [2H][C@@H](NC(=O)Cc1c(C#N)cc(F)c(NCC(F)(F)c2ccccn2)[n+]1O)c1ncccc1F. The molecule has 0 aliphatic heterocycles. The zero-order chi connectivity index (χ0) is 24.9. The Morgan fingerprint density at radius 3 is 2.64 bits per heavy atom. The van der Waals surface area contributed by atoms with Crippen molar-refractivity contribution in [1.82, 2.24) is 15.3 Å². The van der Waals surface area contributed by atoms with Crippen LogP contribution in [0.3, 0.4) is 0 Å². The first-order chi connectivity index (χ1) is 16.1. The number of amides is 1. The Hall–Kier alpha value is -4.27. The molecule has 1 amide bonds. The van der Waals surface area contributed by atoms with Crippen LogP contribution in [-0.2, 0) is 23.7 Å². The van der Waals surface area contributed by atoms with Crippen LogP contribution < -0.4 is 15.4 Å². The van der Waals surface area contributed by atoms with Crippen molar-refractivity contribution >= 4 is 11.7 Å². The maximum atomic E-state index is 14.4. The molecule has 3 heterocycles. The molecule has 3 aromatic heterocycles. The van der Waals surface area contributed by atoms with Crippen LogP contribution >= 0.6 is 0 Å². The van der Waals surface area contributed by atoms with Gasteiger partial charge in [0, 0.05) is 18.5 Å². The minimum Gasteiger partial charge on any atom is -0.350 e. The lowest BCUT2D eigenvalue weighted by molar-refractivity contribution is -0.899. The highest BCUT2D eigenvalue weighted by molar-refractivity contribution is 5.78. The van der Waals surface area contributed by atoms with Crippen LogP contribution in [0.2, 0.25) is 0 Å². The van der Waals surface area contributed by atoms with E-state index in [0.717, 1.165) is 18.3 Å². The molecule has 3 N–H and O–H groups in total. The highest BCUT2D eigenvalue weighted by atomic mass is 19.3. The van der Waals surface area contributed by atoms with Gasteiger partial charge in [-0.3, -0.25) is 20.1 Å². The molecule has 3 rings (SSSR count). The third-order valence-corrected chi connectivity index (χ3v) is 4.40. The molecule has 0 saturated carbocycles. The summed E-state index contributed by atoms with van der Waals surface area (Å²) < 4.78 is 64.9. The van der Waals surface area contributed by atoms with E-state index in [1.54, 1.807) is 6.07 Å². The topological polar surface area (TPSA) is 115 Å². The molecule has 0 unspecified atom stereocenters. The van der Waals surface area contributed by atoms with Gasteiger partial charge in [0.25, 0.3) is 0 Å². The zero-order valence-electron chi connectivity index (χ0n) is 17.8. The van der Waals surface area contributed by atoms with E-state index < -0.39 is 65.7 Å². The number of carbonyl (C=O) groups is 1. The number of alkyl halides is 2. The fraction of sp³-hybridized carbons (Fsp3) is 0.190. The van der Waals surface area contributed by atoms with Crippen molar-refractivity contribution in [3.8, 4) is 6.07 Å². The summed E-state index contributed by atoms with van der Waals surface area (Å²) in [7, 11) is 0. The lowest BCUT2D eigenvalue weighted by Crippen LogP contribution is -2.44. The van der Waals surface area contributed by atoms with Crippen molar-refractivity contribution in [3.05, 3.63) is 83.1 Å². The smallest absolute Gasteiger partial charge is 0.350 e. The third kappa shape index (κ3) is 5.51. The molecule has 8 nitrogen and oxygen atoms in total. The average molecular weight is 462 g/mol. The maximum Gasteiger partial charge on any atom is 0.350 e. The monoisotopic (exact) mass is 462 g/mol. The molecule has 33 heavy (non-hydrogen) atoms. The molecule has 170 valence electrons. The van der Waals surface area contributed by atoms with Gasteiger partial charge in [-0.15, -0.1) is 0 Å². The first-order valence-electron chi connectivity index (χ1n) is 9.93. The van der Waals surface area contributed by atoms with Gasteiger partial charge in [0.05, 0.1) is 20.0 Å². The predicted octanol–water partition coefficient (Wildman–Crippen LogP) is 2.21. The molecule has 0 aliphatic carbocycles. The van der Waals surface area contributed by atoms with Crippen molar-refractivity contribution < 1.29 is 33.7 Å². The number of anilines is 1. The Balaban J connectivity index is 1.81. The molecule has 0 aromatic carbocycles. The van der Waals surface area contributed by atoms with Crippen LogP contribution in [0.5, 0.6) is 0 Å². The molecule has 0 aliphatic rings. The van der Waals surface area contributed by atoms with Crippen LogP contribution in [0, 0.1) is 23.0 Å². The maximum absolute atomic E-state index is 14.4. The minimum absolute atomic E-state index is 0.0717. The quantitative estimate of drug-likeness (QED) is 0.269. The van der Waals surface area contributed by atoms with Crippen molar-refractivity contribution in [3.63, 3.8) is 0 Å². The molecular weight excluding hydrogens is 444 g/mol. The molecule has 0 radical (unpaired) electrons. The number of nitriles is 1. The summed E-state index contributed by atoms with van der Waals surface area (Å²) in [5, 5.41) is 23.8. The lowest BCUT2D eigenvalue weighted by Gasteiger charge is -2.15. The number of halogens is 4. The second-order valence-corrected chi connectivity index (χ2v) is 6.66. The van der Waals surface area contributed by atoms with Crippen LogP contribution in [-0.4, -0.2) is 27.6 Å². The Morgan fingerprint density at radius 2 is 1.97 bits per heavy atom. The molecular formula is C21H17F4N6O2+. The molecule has 1 atom stereocenters. The molecule has 0 spiro atoms. The van der Waals surface area contributed by atoms with E-state index >= 15 is 0 Å². The van der Waals surface area contributed by atoms with Crippen molar-refractivity contribution in [1.29, 1.82) is 5.26 Å². The largest absolute Gasteiger partial charge is 0.350 e. The average Bonchev–Trinajstić information content (AvgIpc) is 2.81. The highest BCUT2D eigenvalue weighted by Crippen LogP contribution is 2.26. The Kier molecular flexibility index (Phi) is 6.58. The van der Waals surface area contributed by atoms with Gasteiger partial charge >= 0.3 is 11.7 Å². The van der Waals surface area contributed by atoms with Gasteiger partial charge in [0.2, 0.25) is 11.7 Å². The highest BCUT2D eigenvalue weighted by Gasteiger charge is 2.37. The second-order valence-electron chi connectivity index (χ2n) is 6.66. The fourth-order valence-electron chi connectivity index (χ4n) is 2.78. The number of hydrogen-bond acceptors (Lipinski definition) is 6. The minimum atomic E-state index is -3.54. The number of nitrogens with zero attached hydrogens (tertiary/aromatic N) is 4.